The van der Waals surface area contributed by atoms with Gasteiger partial charge in [-0.1, -0.05) is 12.1 Å². The third-order valence-corrected chi connectivity index (χ3v) is 5.54. The lowest BCUT2D eigenvalue weighted by Gasteiger charge is -2.33. The van der Waals surface area contributed by atoms with Gasteiger partial charge in [0.05, 0.1) is 19.6 Å². The van der Waals surface area contributed by atoms with Crippen LogP contribution < -0.4 is 0 Å². The van der Waals surface area contributed by atoms with Gasteiger partial charge in [-0.2, -0.15) is 0 Å². The van der Waals surface area contributed by atoms with Crippen molar-refractivity contribution in [1.29, 1.82) is 0 Å². The number of carbonyl (C=O) groups is 1. The highest BCUT2D eigenvalue weighted by Gasteiger charge is 2.26. The summed E-state index contributed by atoms with van der Waals surface area (Å²) in [5, 5.41) is 0. The van der Waals surface area contributed by atoms with Crippen LogP contribution in [0.15, 0.2) is 18.2 Å². The number of nitrogens with one attached hydrogen (secondary N) is 1. The van der Waals surface area contributed by atoms with Gasteiger partial charge >= 0.3 is 0 Å². The third kappa shape index (κ3) is 3.74. The summed E-state index contributed by atoms with van der Waals surface area (Å²) in [6.07, 6.45) is 0.131. The maximum Gasteiger partial charge on any atom is 0.228 e. The van der Waals surface area contributed by atoms with Crippen molar-refractivity contribution in [3.63, 3.8) is 0 Å². The zero-order valence-corrected chi connectivity index (χ0v) is 15.2. The smallest absolute Gasteiger partial charge is 0.228 e. The number of benzene rings is 1. The molecule has 1 N–H and O–H groups in total. The van der Waals surface area contributed by atoms with Crippen molar-refractivity contribution in [2.45, 2.75) is 26.4 Å². The number of ether oxygens (including phenoxy) is 1. The van der Waals surface area contributed by atoms with Crippen LogP contribution in [0.3, 0.4) is 0 Å². The number of halogens is 1. The first-order valence-corrected chi connectivity index (χ1v) is 9.00. The second kappa shape index (κ2) is 7.13. The Bertz CT molecular complexity index is 815. The van der Waals surface area contributed by atoms with E-state index in [4.69, 9.17) is 17.0 Å². The van der Waals surface area contributed by atoms with Crippen LogP contribution >= 0.6 is 23.6 Å². The standard InChI is InChI=1S/C17H19FN2O2S2/c1-10-7-12(3-4-13(10)18)14-9-20(5-6-22-14)16(21)8-15-11(2)19-17(23)24-15/h3-4,7,14H,5-6,8-9H2,1-2H3,(H,19,23)/t14-/m0/s1. The Labute approximate surface area is 149 Å². The molecular formula is C17H19FN2O2S2. The minimum Gasteiger partial charge on any atom is -0.370 e. The van der Waals surface area contributed by atoms with Gasteiger partial charge in [0.2, 0.25) is 5.91 Å². The highest BCUT2D eigenvalue weighted by Crippen LogP contribution is 2.25. The van der Waals surface area contributed by atoms with Gasteiger partial charge in [0.15, 0.2) is 3.95 Å². The monoisotopic (exact) mass is 366 g/mol. The average molecular weight is 366 g/mol. The first-order chi connectivity index (χ1) is 11.4. The van der Waals surface area contributed by atoms with Crippen LogP contribution in [-0.2, 0) is 16.0 Å². The average Bonchev–Trinajstić information content (AvgIpc) is 2.87. The first-order valence-electron chi connectivity index (χ1n) is 7.78. The fourth-order valence-corrected chi connectivity index (χ4v) is 4.08. The van der Waals surface area contributed by atoms with Crippen LogP contribution in [0.2, 0.25) is 0 Å². The fraction of sp³-hybridized carbons (Fsp3) is 0.412. The number of H-pyrrole nitrogens is 1. The molecule has 7 heteroatoms. The quantitative estimate of drug-likeness (QED) is 0.843. The minimum absolute atomic E-state index is 0.0653. The number of morpholine rings is 1. The molecule has 1 aliphatic heterocycles. The summed E-state index contributed by atoms with van der Waals surface area (Å²) in [7, 11) is 0. The Kier molecular flexibility index (Phi) is 5.12. The molecule has 2 aromatic rings. The summed E-state index contributed by atoms with van der Waals surface area (Å²) >= 11 is 6.57. The van der Waals surface area contributed by atoms with Crippen LogP contribution in [0.25, 0.3) is 0 Å². The highest BCUT2D eigenvalue weighted by molar-refractivity contribution is 7.73. The van der Waals surface area contributed by atoms with Gasteiger partial charge in [-0.15, -0.1) is 11.3 Å². The molecule has 1 aliphatic rings. The van der Waals surface area contributed by atoms with Crippen molar-refractivity contribution in [2.75, 3.05) is 19.7 Å². The molecule has 3 rings (SSSR count). The van der Waals surface area contributed by atoms with E-state index in [0.29, 0.717) is 35.6 Å². The number of carbonyl (C=O) groups excluding carboxylic acids is 1. The summed E-state index contributed by atoms with van der Waals surface area (Å²) in [6.45, 7) is 5.20. The predicted molar refractivity (Wildman–Crippen MR) is 94.4 cm³/mol. The molecule has 1 amide bonds. The SMILES string of the molecule is Cc1cc([C@@H]2CN(C(=O)Cc3sc(=S)[nH]c3C)CCO2)ccc1F. The van der Waals surface area contributed by atoms with Gasteiger partial charge in [0.1, 0.15) is 11.9 Å². The second-order valence-corrected chi connectivity index (χ2v) is 7.72. The van der Waals surface area contributed by atoms with Gasteiger partial charge in [0, 0.05) is 17.1 Å². The summed E-state index contributed by atoms with van der Waals surface area (Å²) in [4.78, 5) is 18.5. The summed E-state index contributed by atoms with van der Waals surface area (Å²) in [6, 6.07) is 4.96. The van der Waals surface area contributed by atoms with Crippen molar-refractivity contribution >= 4 is 29.5 Å². The van der Waals surface area contributed by atoms with E-state index >= 15 is 0 Å². The lowest BCUT2D eigenvalue weighted by molar-refractivity contribution is -0.138. The number of hydrogen-bond acceptors (Lipinski definition) is 4. The van der Waals surface area contributed by atoms with Gasteiger partial charge in [-0.25, -0.2) is 4.39 Å². The number of aromatic amines is 1. The van der Waals surface area contributed by atoms with Crippen LogP contribution in [0, 0.1) is 23.6 Å². The number of nitrogens with zero attached hydrogens (tertiary/aromatic N) is 1. The van der Waals surface area contributed by atoms with E-state index < -0.39 is 0 Å². The second-order valence-electron chi connectivity index (χ2n) is 5.95. The lowest BCUT2D eigenvalue weighted by atomic mass is 10.0. The van der Waals surface area contributed by atoms with E-state index in [1.54, 1.807) is 19.1 Å². The van der Waals surface area contributed by atoms with Crippen molar-refractivity contribution in [1.82, 2.24) is 9.88 Å². The van der Waals surface area contributed by atoms with Crippen LogP contribution in [0.5, 0.6) is 0 Å². The van der Waals surface area contributed by atoms with E-state index in [1.807, 2.05) is 11.8 Å². The van der Waals surface area contributed by atoms with Gasteiger partial charge < -0.3 is 14.6 Å². The molecule has 1 aromatic heterocycles. The van der Waals surface area contributed by atoms with Crippen LogP contribution in [0.1, 0.15) is 27.8 Å². The van der Waals surface area contributed by atoms with E-state index in [9.17, 15) is 9.18 Å². The minimum atomic E-state index is -0.230. The number of hydrogen-bond donors (Lipinski definition) is 1. The topological polar surface area (TPSA) is 45.3 Å². The molecule has 128 valence electrons. The lowest BCUT2D eigenvalue weighted by Crippen LogP contribution is -2.43. The normalized spacial score (nSPS) is 18.0. The Balaban J connectivity index is 1.70. The van der Waals surface area contributed by atoms with E-state index in [2.05, 4.69) is 4.98 Å². The van der Waals surface area contributed by atoms with Crippen molar-refractivity contribution in [3.05, 3.63) is 49.7 Å². The number of amides is 1. The molecule has 1 aromatic carbocycles. The van der Waals surface area contributed by atoms with Gasteiger partial charge in [-0.05, 0) is 43.3 Å². The van der Waals surface area contributed by atoms with E-state index in [-0.39, 0.29) is 17.8 Å². The molecule has 4 nitrogen and oxygen atoms in total. The maximum absolute atomic E-state index is 13.4. The summed E-state index contributed by atoms with van der Waals surface area (Å²) < 4.78 is 19.9. The third-order valence-electron chi connectivity index (χ3n) is 4.21. The highest BCUT2D eigenvalue weighted by atomic mass is 32.1. The summed E-state index contributed by atoms with van der Waals surface area (Å²) in [5.41, 5.74) is 2.44. The number of rotatable bonds is 3. The molecule has 1 saturated heterocycles. The van der Waals surface area contributed by atoms with Crippen molar-refractivity contribution < 1.29 is 13.9 Å². The Morgan fingerprint density at radius 1 is 1.50 bits per heavy atom. The summed E-state index contributed by atoms with van der Waals surface area (Å²) in [5.74, 6) is -0.165. The van der Waals surface area contributed by atoms with E-state index in [1.165, 1.54) is 17.4 Å². The van der Waals surface area contributed by atoms with Crippen LogP contribution in [-0.4, -0.2) is 35.5 Å². The number of thiazole rings is 1. The number of aryl methyl sites for hydroxylation is 2. The molecule has 0 spiro atoms. The molecule has 2 heterocycles. The molecule has 0 bridgehead atoms. The van der Waals surface area contributed by atoms with Gasteiger partial charge in [-0.3, -0.25) is 4.79 Å². The zero-order valence-electron chi connectivity index (χ0n) is 13.6. The number of aromatic nitrogens is 1. The molecule has 24 heavy (non-hydrogen) atoms. The van der Waals surface area contributed by atoms with Crippen LogP contribution in [0.4, 0.5) is 4.39 Å². The largest absolute Gasteiger partial charge is 0.370 e. The Morgan fingerprint density at radius 2 is 2.29 bits per heavy atom. The first kappa shape index (κ1) is 17.3. The molecule has 0 unspecified atom stereocenters. The fourth-order valence-electron chi connectivity index (χ4n) is 2.80. The van der Waals surface area contributed by atoms with Gasteiger partial charge in [0.25, 0.3) is 0 Å². The molecule has 1 fully saturated rings. The van der Waals surface area contributed by atoms with Crippen molar-refractivity contribution in [2.24, 2.45) is 0 Å². The molecule has 0 radical (unpaired) electrons. The molecule has 0 aliphatic carbocycles. The predicted octanol–water partition coefficient (Wildman–Crippen LogP) is 3.70. The van der Waals surface area contributed by atoms with E-state index in [0.717, 1.165) is 16.1 Å². The maximum atomic E-state index is 13.4. The Hall–Kier alpha value is -1.57. The molecular weight excluding hydrogens is 347 g/mol. The zero-order chi connectivity index (χ0) is 17.3. The van der Waals surface area contributed by atoms with Crippen molar-refractivity contribution in [3.8, 4) is 0 Å². The Morgan fingerprint density at radius 3 is 2.96 bits per heavy atom. The molecule has 0 saturated carbocycles. The molecule has 1 atom stereocenters.